The summed E-state index contributed by atoms with van der Waals surface area (Å²) in [6, 6.07) is 1.82. The van der Waals surface area contributed by atoms with Crippen LogP contribution in [0.25, 0.3) is 0 Å². The number of nitrogen functional groups attached to an aromatic ring is 1. The van der Waals surface area contributed by atoms with Crippen molar-refractivity contribution >= 4 is 17.4 Å². The third kappa shape index (κ3) is 3.76. The van der Waals surface area contributed by atoms with Crippen LogP contribution in [0.4, 0.5) is 11.5 Å². The van der Waals surface area contributed by atoms with Crippen LogP contribution in [-0.4, -0.2) is 24.0 Å². The number of aromatic nitrogens is 1. The number of amides is 1. The fourth-order valence-corrected chi connectivity index (χ4v) is 1.16. The van der Waals surface area contributed by atoms with Gasteiger partial charge in [-0.2, -0.15) is 0 Å². The lowest BCUT2D eigenvalue weighted by Gasteiger charge is -2.07. The molecule has 0 atom stereocenters. The quantitative estimate of drug-likeness (QED) is 0.691. The van der Waals surface area contributed by atoms with E-state index < -0.39 is 0 Å². The minimum absolute atomic E-state index is 0.0295. The lowest BCUT2D eigenvalue weighted by Crippen LogP contribution is -2.30. The van der Waals surface area contributed by atoms with Crippen LogP contribution in [0.3, 0.4) is 0 Å². The topological polar surface area (TPSA) is 80.0 Å². The Labute approximate surface area is 95.4 Å². The Bertz CT molecular complexity index is 365. The number of aryl methyl sites for hydroxylation is 1. The van der Waals surface area contributed by atoms with Gasteiger partial charge in [0, 0.05) is 6.54 Å². The van der Waals surface area contributed by atoms with Gasteiger partial charge in [-0.25, -0.2) is 4.98 Å². The Hall–Kier alpha value is -1.78. The zero-order chi connectivity index (χ0) is 12.0. The smallest absolute Gasteiger partial charge is 0.239 e. The average Bonchev–Trinajstić information content (AvgIpc) is 2.28. The van der Waals surface area contributed by atoms with Gasteiger partial charge in [-0.3, -0.25) is 4.79 Å². The number of anilines is 2. The number of rotatable bonds is 5. The van der Waals surface area contributed by atoms with Crippen molar-refractivity contribution in [3.8, 4) is 0 Å². The molecule has 4 N–H and O–H groups in total. The van der Waals surface area contributed by atoms with Gasteiger partial charge < -0.3 is 16.4 Å². The maximum absolute atomic E-state index is 11.3. The van der Waals surface area contributed by atoms with Gasteiger partial charge in [0.1, 0.15) is 5.82 Å². The SMILES string of the molecule is CCCNC(=O)CNc1cc(C)c(N)cn1. The second-order valence-electron chi connectivity index (χ2n) is 3.63. The highest BCUT2D eigenvalue weighted by Crippen LogP contribution is 2.12. The largest absolute Gasteiger partial charge is 0.397 e. The predicted molar refractivity (Wildman–Crippen MR) is 65.2 cm³/mol. The van der Waals surface area contributed by atoms with Crippen molar-refractivity contribution in [2.75, 3.05) is 24.1 Å². The van der Waals surface area contributed by atoms with Crippen LogP contribution in [0.5, 0.6) is 0 Å². The summed E-state index contributed by atoms with van der Waals surface area (Å²) in [4.78, 5) is 15.4. The molecule has 0 aliphatic carbocycles. The summed E-state index contributed by atoms with van der Waals surface area (Å²) >= 11 is 0. The molecule has 1 rings (SSSR count). The fraction of sp³-hybridized carbons (Fsp3) is 0.455. The third-order valence-corrected chi connectivity index (χ3v) is 2.15. The maximum Gasteiger partial charge on any atom is 0.239 e. The van der Waals surface area contributed by atoms with E-state index in [-0.39, 0.29) is 12.5 Å². The van der Waals surface area contributed by atoms with E-state index in [1.54, 1.807) is 6.20 Å². The predicted octanol–water partition coefficient (Wildman–Crippen LogP) is 0.910. The maximum atomic E-state index is 11.3. The van der Waals surface area contributed by atoms with E-state index in [0.717, 1.165) is 12.0 Å². The first-order valence-corrected chi connectivity index (χ1v) is 5.36. The van der Waals surface area contributed by atoms with Gasteiger partial charge in [-0.05, 0) is 25.0 Å². The van der Waals surface area contributed by atoms with Crippen molar-refractivity contribution in [1.29, 1.82) is 0 Å². The van der Waals surface area contributed by atoms with Crippen LogP contribution in [0.2, 0.25) is 0 Å². The number of hydrogen-bond acceptors (Lipinski definition) is 4. The highest BCUT2D eigenvalue weighted by Gasteiger charge is 2.01. The fourth-order valence-electron chi connectivity index (χ4n) is 1.16. The summed E-state index contributed by atoms with van der Waals surface area (Å²) in [7, 11) is 0. The molecule has 1 amide bonds. The number of nitrogens with one attached hydrogen (secondary N) is 2. The number of carbonyl (C=O) groups excluding carboxylic acids is 1. The van der Waals surface area contributed by atoms with Gasteiger partial charge in [-0.1, -0.05) is 6.92 Å². The molecule has 0 saturated carbocycles. The molecule has 88 valence electrons. The first kappa shape index (κ1) is 12.3. The zero-order valence-corrected chi connectivity index (χ0v) is 9.71. The summed E-state index contributed by atoms with van der Waals surface area (Å²) in [6.07, 6.45) is 2.52. The molecular weight excluding hydrogens is 204 g/mol. The minimum Gasteiger partial charge on any atom is -0.397 e. The molecule has 5 heteroatoms. The third-order valence-electron chi connectivity index (χ3n) is 2.15. The van der Waals surface area contributed by atoms with Crippen molar-refractivity contribution in [1.82, 2.24) is 10.3 Å². The molecule has 0 saturated heterocycles. The van der Waals surface area contributed by atoms with Crippen LogP contribution >= 0.6 is 0 Å². The van der Waals surface area contributed by atoms with Crippen LogP contribution in [0, 0.1) is 6.92 Å². The lowest BCUT2D eigenvalue weighted by atomic mass is 10.2. The van der Waals surface area contributed by atoms with E-state index >= 15 is 0 Å². The molecule has 0 aliphatic rings. The Morgan fingerprint density at radius 2 is 2.31 bits per heavy atom. The molecule has 0 bridgehead atoms. The Balaban J connectivity index is 2.42. The first-order valence-electron chi connectivity index (χ1n) is 5.36. The molecule has 16 heavy (non-hydrogen) atoms. The summed E-state index contributed by atoms with van der Waals surface area (Å²) in [5, 5.41) is 5.72. The molecule has 0 radical (unpaired) electrons. The normalized spacial score (nSPS) is 9.88. The van der Waals surface area contributed by atoms with Crippen LogP contribution in [-0.2, 0) is 4.79 Å². The summed E-state index contributed by atoms with van der Waals surface area (Å²) < 4.78 is 0. The molecule has 0 aliphatic heterocycles. The second kappa shape index (κ2) is 5.95. The number of hydrogen-bond donors (Lipinski definition) is 3. The Morgan fingerprint density at radius 1 is 1.56 bits per heavy atom. The molecule has 0 spiro atoms. The van der Waals surface area contributed by atoms with Crippen molar-refractivity contribution in [2.45, 2.75) is 20.3 Å². The van der Waals surface area contributed by atoms with E-state index in [4.69, 9.17) is 5.73 Å². The number of carbonyl (C=O) groups is 1. The van der Waals surface area contributed by atoms with Crippen molar-refractivity contribution in [3.05, 3.63) is 17.8 Å². The first-order chi connectivity index (χ1) is 7.63. The van der Waals surface area contributed by atoms with E-state index in [0.29, 0.717) is 18.1 Å². The van der Waals surface area contributed by atoms with Gasteiger partial charge in [0.05, 0.1) is 18.4 Å². The molecule has 5 nitrogen and oxygen atoms in total. The monoisotopic (exact) mass is 222 g/mol. The van der Waals surface area contributed by atoms with Gasteiger partial charge >= 0.3 is 0 Å². The second-order valence-corrected chi connectivity index (χ2v) is 3.63. The molecule has 1 aromatic rings. The molecule has 0 aromatic carbocycles. The van der Waals surface area contributed by atoms with Gasteiger partial charge in [-0.15, -0.1) is 0 Å². The summed E-state index contributed by atoms with van der Waals surface area (Å²) in [5.74, 6) is 0.636. The number of pyridine rings is 1. The Kier molecular flexibility index (Phi) is 4.57. The summed E-state index contributed by atoms with van der Waals surface area (Å²) in [5.41, 5.74) is 7.24. The van der Waals surface area contributed by atoms with Crippen molar-refractivity contribution in [3.63, 3.8) is 0 Å². The standard InChI is InChI=1S/C11H18N4O/c1-3-4-13-11(16)7-15-10-5-8(2)9(12)6-14-10/h5-6H,3-4,7,12H2,1-2H3,(H,13,16)(H,14,15). The zero-order valence-electron chi connectivity index (χ0n) is 9.71. The van der Waals surface area contributed by atoms with E-state index in [1.807, 2.05) is 19.9 Å². The van der Waals surface area contributed by atoms with Crippen LogP contribution in [0.1, 0.15) is 18.9 Å². The van der Waals surface area contributed by atoms with Gasteiger partial charge in [0.2, 0.25) is 5.91 Å². The molecule has 0 fully saturated rings. The van der Waals surface area contributed by atoms with Gasteiger partial charge in [0.25, 0.3) is 0 Å². The van der Waals surface area contributed by atoms with Crippen molar-refractivity contribution in [2.24, 2.45) is 0 Å². The van der Waals surface area contributed by atoms with Crippen molar-refractivity contribution < 1.29 is 4.79 Å². The van der Waals surface area contributed by atoms with Crippen LogP contribution < -0.4 is 16.4 Å². The number of nitrogens with zero attached hydrogens (tertiary/aromatic N) is 1. The highest BCUT2D eigenvalue weighted by atomic mass is 16.1. The van der Waals surface area contributed by atoms with E-state index in [1.165, 1.54) is 0 Å². The number of nitrogens with two attached hydrogens (primary N) is 1. The van der Waals surface area contributed by atoms with E-state index in [9.17, 15) is 4.79 Å². The molecule has 1 heterocycles. The molecule has 1 aromatic heterocycles. The lowest BCUT2D eigenvalue weighted by molar-refractivity contribution is -0.119. The van der Waals surface area contributed by atoms with Gasteiger partial charge in [0.15, 0.2) is 0 Å². The average molecular weight is 222 g/mol. The minimum atomic E-state index is -0.0295. The molecule has 0 unspecified atom stereocenters. The summed E-state index contributed by atoms with van der Waals surface area (Å²) in [6.45, 7) is 4.85. The molecular formula is C11H18N4O. The van der Waals surface area contributed by atoms with E-state index in [2.05, 4.69) is 15.6 Å². The van der Waals surface area contributed by atoms with Crippen LogP contribution in [0.15, 0.2) is 12.3 Å². The Morgan fingerprint density at radius 3 is 2.94 bits per heavy atom. The highest BCUT2D eigenvalue weighted by molar-refractivity contribution is 5.80.